The Kier molecular flexibility index (Phi) is 6.35. The summed E-state index contributed by atoms with van der Waals surface area (Å²) in [5, 5.41) is 2.99. The Balaban J connectivity index is 1.16. The number of imide groups is 1. The van der Waals surface area contributed by atoms with E-state index in [1.54, 1.807) is 0 Å². The van der Waals surface area contributed by atoms with Crippen LogP contribution in [-0.2, 0) is 24.1 Å². The van der Waals surface area contributed by atoms with Crippen molar-refractivity contribution in [2.45, 2.75) is 49.3 Å². The van der Waals surface area contributed by atoms with Gasteiger partial charge in [-0.1, -0.05) is 67.1 Å². The molecule has 4 aliphatic rings. The molecule has 3 aliphatic carbocycles. The average Bonchev–Trinajstić information content (AvgIpc) is 3.19. The normalized spacial score (nSPS) is 26.3. The van der Waals surface area contributed by atoms with Crippen molar-refractivity contribution < 1.29 is 14.4 Å². The van der Waals surface area contributed by atoms with Crippen LogP contribution in [0, 0.1) is 25.7 Å². The van der Waals surface area contributed by atoms with E-state index >= 15 is 0 Å². The van der Waals surface area contributed by atoms with E-state index in [2.05, 4.69) is 5.32 Å². The highest BCUT2D eigenvalue weighted by Crippen LogP contribution is 2.69. The molecule has 1 fully saturated rings. The quantitative estimate of drug-likeness (QED) is 0.206. The highest BCUT2D eigenvalue weighted by molar-refractivity contribution is 6.36. The zero-order chi connectivity index (χ0) is 27.5. The van der Waals surface area contributed by atoms with Crippen LogP contribution in [0.15, 0.2) is 66.7 Å². The highest BCUT2D eigenvalue weighted by Gasteiger charge is 2.72. The van der Waals surface area contributed by atoms with Crippen LogP contribution in [0.1, 0.15) is 59.1 Å². The maximum absolute atomic E-state index is 13.8. The second-order valence-corrected chi connectivity index (χ2v) is 12.2. The Morgan fingerprint density at radius 3 is 1.82 bits per heavy atom. The Bertz CT molecular complexity index is 1400. The molecule has 3 aromatic rings. The summed E-state index contributed by atoms with van der Waals surface area (Å²) in [7, 11) is 0. The number of hydrogen-bond acceptors (Lipinski definition) is 3. The lowest BCUT2D eigenvalue weighted by Gasteiger charge is -2.54. The SMILES string of the molecule is Cc1ccc(C)c(NC(=O)CCCCCN2C(=O)[C@@H]3[C@@H](C2=O)C2(Cl)c4ccccc4C3(Cl)c3ccccc32)c1. The van der Waals surface area contributed by atoms with Gasteiger partial charge in [0.15, 0.2) is 0 Å². The number of anilines is 1. The first-order valence-electron chi connectivity index (χ1n) is 13.5. The van der Waals surface area contributed by atoms with Crippen LogP contribution < -0.4 is 5.32 Å². The summed E-state index contributed by atoms with van der Waals surface area (Å²) in [6.07, 6.45) is 2.36. The molecular formula is C32H30Cl2N2O3. The van der Waals surface area contributed by atoms with E-state index < -0.39 is 21.6 Å². The summed E-state index contributed by atoms with van der Waals surface area (Å²) in [6.45, 7) is 4.25. The van der Waals surface area contributed by atoms with Crippen molar-refractivity contribution in [2.24, 2.45) is 11.8 Å². The molecule has 0 radical (unpaired) electrons. The zero-order valence-corrected chi connectivity index (χ0v) is 23.5. The van der Waals surface area contributed by atoms with Gasteiger partial charge in [0.05, 0.1) is 11.8 Å². The first kappa shape index (κ1) is 26.1. The van der Waals surface area contributed by atoms with Gasteiger partial charge in [-0.15, -0.1) is 23.2 Å². The smallest absolute Gasteiger partial charge is 0.235 e. The number of likely N-dealkylation sites (tertiary alicyclic amines) is 1. The molecule has 2 bridgehead atoms. The topological polar surface area (TPSA) is 66.5 Å². The van der Waals surface area contributed by atoms with Gasteiger partial charge in [-0.3, -0.25) is 19.3 Å². The van der Waals surface area contributed by atoms with Crippen LogP contribution >= 0.6 is 23.2 Å². The number of hydrogen-bond donors (Lipinski definition) is 1. The summed E-state index contributed by atoms with van der Waals surface area (Å²) >= 11 is 14.9. The molecule has 0 unspecified atom stereocenters. The molecule has 0 saturated carbocycles. The first-order valence-corrected chi connectivity index (χ1v) is 14.2. The van der Waals surface area contributed by atoms with E-state index in [0.29, 0.717) is 25.7 Å². The van der Waals surface area contributed by atoms with E-state index in [9.17, 15) is 14.4 Å². The first-order chi connectivity index (χ1) is 18.7. The molecule has 1 saturated heterocycles. The predicted molar refractivity (Wildman–Crippen MR) is 153 cm³/mol. The second-order valence-electron chi connectivity index (χ2n) is 11.0. The molecule has 0 spiro atoms. The molecular weight excluding hydrogens is 531 g/mol. The Morgan fingerprint density at radius 1 is 0.795 bits per heavy atom. The van der Waals surface area contributed by atoms with Crippen LogP contribution in [0.2, 0.25) is 0 Å². The third-order valence-corrected chi connectivity index (χ3v) is 9.91. The summed E-state index contributed by atoms with van der Waals surface area (Å²) in [5.41, 5.74) is 6.16. The van der Waals surface area contributed by atoms with Gasteiger partial charge >= 0.3 is 0 Å². The van der Waals surface area contributed by atoms with Gasteiger partial charge in [-0.05, 0) is 66.1 Å². The van der Waals surface area contributed by atoms with E-state index in [0.717, 1.165) is 39.1 Å². The fourth-order valence-corrected chi connectivity index (χ4v) is 7.86. The molecule has 3 amide bonds. The number of amides is 3. The van der Waals surface area contributed by atoms with Crippen LogP contribution in [0.5, 0.6) is 0 Å². The molecule has 3 aromatic carbocycles. The Morgan fingerprint density at radius 2 is 1.31 bits per heavy atom. The van der Waals surface area contributed by atoms with Gasteiger partial charge in [0.2, 0.25) is 17.7 Å². The lowest BCUT2D eigenvalue weighted by Crippen LogP contribution is -2.57. The fourth-order valence-electron chi connectivity index (χ4n) is 6.76. The van der Waals surface area contributed by atoms with Crippen LogP contribution in [0.25, 0.3) is 0 Å². The third kappa shape index (κ3) is 3.77. The molecule has 200 valence electrons. The van der Waals surface area contributed by atoms with E-state index in [1.807, 2.05) is 80.6 Å². The van der Waals surface area contributed by atoms with Gasteiger partial charge in [0.25, 0.3) is 0 Å². The Hall–Kier alpha value is -3.15. The summed E-state index contributed by atoms with van der Waals surface area (Å²) in [5.74, 6) is -2.10. The summed E-state index contributed by atoms with van der Waals surface area (Å²) in [6, 6.07) is 21.3. The number of alkyl halides is 2. The maximum Gasteiger partial charge on any atom is 0.235 e. The minimum atomic E-state index is -1.15. The van der Waals surface area contributed by atoms with Gasteiger partial charge in [-0.25, -0.2) is 0 Å². The minimum absolute atomic E-state index is 0.0386. The van der Waals surface area contributed by atoms with Crippen LogP contribution in [0.3, 0.4) is 0 Å². The number of aryl methyl sites for hydroxylation is 2. The van der Waals surface area contributed by atoms with Crippen LogP contribution in [0.4, 0.5) is 5.69 Å². The van der Waals surface area contributed by atoms with Crippen molar-refractivity contribution in [1.29, 1.82) is 0 Å². The number of rotatable bonds is 7. The van der Waals surface area contributed by atoms with Gasteiger partial charge in [0.1, 0.15) is 9.75 Å². The molecule has 0 aromatic heterocycles. The number of benzene rings is 3. The monoisotopic (exact) mass is 560 g/mol. The highest BCUT2D eigenvalue weighted by atomic mass is 35.5. The molecule has 7 rings (SSSR count). The van der Waals surface area contributed by atoms with Crippen molar-refractivity contribution >= 4 is 46.6 Å². The largest absolute Gasteiger partial charge is 0.326 e. The summed E-state index contributed by atoms with van der Waals surface area (Å²) < 4.78 is 0. The van der Waals surface area contributed by atoms with E-state index in [1.165, 1.54) is 4.90 Å². The molecule has 2 atom stereocenters. The van der Waals surface area contributed by atoms with Crippen LogP contribution in [-0.4, -0.2) is 29.2 Å². The third-order valence-electron chi connectivity index (χ3n) is 8.63. The lowest BCUT2D eigenvalue weighted by atomic mass is 9.54. The van der Waals surface area contributed by atoms with Crippen molar-refractivity contribution in [1.82, 2.24) is 4.90 Å². The number of nitrogens with one attached hydrogen (secondary N) is 1. The molecule has 1 N–H and O–H groups in total. The van der Waals surface area contributed by atoms with Gasteiger partial charge in [0, 0.05) is 18.7 Å². The molecule has 5 nitrogen and oxygen atoms in total. The van der Waals surface area contributed by atoms with E-state index in [-0.39, 0.29) is 24.3 Å². The second kappa shape index (κ2) is 9.50. The Labute approximate surface area is 238 Å². The van der Waals surface area contributed by atoms with Crippen molar-refractivity contribution in [3.8, 4) is 0 Å². The fraction of sp³-hybridized carbons (Fsp3) is 0.344. The minimum Gasteiger partial charge on any atom is -0.326 e. The van der Waals surface area contributed by atoms with Gasteiger partial charge in [-0.2, -0.15) is 0 Å². The number of carbonyl (C=O) groups is 3. The standard InChI is InChI=1S/C32H30Cl2N2O3/c1-19-15-16-20(2)25(18-19)35-26(37)14-4-3-9-17-36-29(38)27-28(30(36)39)32(34)22-11-6-5-10-21(22)31(27,33)23-12-7-8-13-24(23)32/h5-8,10-13,15-16,18,27-28H,3-4,9,14,17H2,1-2H3,(H,35,37)/t27-,28-,31?,32?/m0/s1. The number of unbranched alkanes of at least 4 members (excludes halogenated alkanes) is 2. The average molecular weight is 562 g/mol. The molecule has 39 heavy (non-hydrogen) atoms. The molecule has 1 heterocycles. The van der Waals surface area contributed by atoms with E-state index in [4.69, 9.17) is 23.2 Å². The predicted octanol–water partition coefficient (Wildman–Crippen LogP) is 6.40. The number of halogens is 2. The van der Waals surface area contributed by atoms with Crippen molar-refractivity contribution in [3.63, 3.8) is 0 Å². The zero-order valence-electron chi connectivity index (χ0n) is 22.0. The number of carbonyl (C=O) groups excluding carboxylic acids is 3. The summed E-state index contributed by atoms with van der Waals surface area (Å²) in [4.78, 5) is 39.2. The lowest BCUT2D eigenvalue weighted by molar-refractivity contribution is -0.140. The molecule has 7 heteroatoms. The number of nitrogens with zero attached hydrogens (tertiary/aromatic N) is 1. The molecule has 1 aliphatic heterocycles. The van der Waals surface area contributed by atoms with Crippen molar-refractivity contribution in [3.05, 3.63) is 100 Å². The maximum atomic E-state index is 13.8. The van der Waals surface area contributed by atoms with Crippen molar-refractivity contribution in [2.75, 3.05) is 11.9 Å². The van der Waals surface area contributed by atoms with Gasteiger partial charge < -0.3 is 5.32 Å².